The fourth-order valence-corrected chi connectivity index (χ4v) is 1.15. The second-order valence-corrected chi connectivity index (χ2v) is 2.67. The van der Waals surface area contributed by atoms with Crippen LogP contribution in [0.1, 0.15) is 11.3 Å². The quantitative estimate of drug-likeness (QED) is 0.563. The van der Waals surface area contributed by atoms with Crippen molar-refractivity contribution in [3.63, 3.8) is 0 Å². The second kappa shape index (κ2) is 2.05. The molecule has 2 heterocycles. The Kier molecular flexibility index (Phi) is 1.18. The highest BCUT2D eigenvalue weighted by molar-refractivity contribution is 5.51. The van der Waals surface area contributed by atoms with Gasteiger partial charge in [-0.3, -0.25) is 4.98 Å². The molecule has 0 aliphatic carbocycles. The van der Waals surface area contributed by atoms with Gasteiger partial charge in [-0.15, -0.1) is 0 Å². The number of fused-ring (bicyclic) bond motifs is 1. The summed E-state index contributed by atoms with van der Waals surface area (Å²) in [6.45, 7) is 4.02. The van der Waals surface area contributed by atoms with Gasteiger partial charge in [0.25, 0.3) is 0 Å². The standard InChI is InChI=1S/C8H9N3/c1-6-3-10-11-7(2)4-9-5-8(6)11/h3-5H,1-2H3. The lowest BCUT2D eigenvalue weighted by molar-refractivity contribution is 0.898. The first-order valence-electron chi connectivity index (χ1n) is 3.54. The zero-order valence-electron chi connectivity index (χ0n) is 6.57. The SMILES string of the molecule is Cc1cnn2c(C)cncc12. The molecular weight excluding hydrogens is 138 g/mol. The van der Waals surface area contributed by atoms with E-state index < -0.39 is 0 Å². The Bertz CT molecular complexity index is 389. The summed E-state index contributed by atoms with van der Waals surface area (Å²) < 4.78 is 1.89. The predicted molar refractivity (Wildman–Crippen MR) is 42.5 cm³/mol. The Labute approximate surface area is 64.7 Å². The molecular formula is C8H9N3. The van der Waals surface area contributed by atoms with Gasteiger partial charge in [-0.2, -0.15) is 5.10 Å². The Morgan fingerprint density at radius 2 is 2.00 bits per heavy atom. The first-order valence-corrected chi connectivity index (χ1v) is 3.54. The highest BCUT2D eigenvalue weighted by Gasteiger charge is 1.99. The summed E-state index contributed by atoms with van der Waals surface area (Å²) in [4.78, 5) is 4.08. The third-order valence-electron chi connectivity index (χ3n) is 1.79. The maximum atomic E-state index is 4.19. The molecule has 0 bridgehead atoms. The Morgan fingerprint density at radius 3 is 2.73 bits per heavy atom. The molecule has 0 atom stereocenters. The van der Waals surface area contributed by atoms with Crippen LogP contribution in [-0.2, 0) is 0 Å². The summed E-state index contributed by atoms with van der Waals surface area (Å²) in [5.41, 5.74) is 3.32. The average Bonchev–Trinajstić information content (AvgIpc) is 2.35. The molecule has 0 saturated heterocycles. The summed E-state index contributed by atoms with van der Waals surface area (Å²) in [5.74, 6) is 0. The highest BCUT2D eigenvalue weighted by atomic mass is 15.2. The lowest BCUT2D eigenvalue weighted by atomic mass is 10.3. The zero-order chi connectivity index (χ0) is 7.84. The summed E-state index contributed by atoms with van der Waals surface area (Å²) in [6.07, 6.45) is 5.48. The molecule has 0 radical (unpaired) electrons. The van der Waals surface area contributed by atoms with E-state index in [0.29, 0.717) is 0 Å². The Hall–Kier alpha value is -1.38. The topological polar surface area (TPSA) is 30.2 Å². The van der Waals surface area contributed by atoms with Crippen LogP contribution in [0.5, 0.6) is 0 Å². The fraction of sp³-hybridized carbons (Fsp3) is 0.250. The van der Waals surface area contributed by atoms with Gasteiger partial charge < -0.3 is 0 Å². The van der Waals surface area contributed by atoms with Crippen molar-refractivity contribution in [1.29, 1.82) is 0 Å². The van der Waals surface area contributed by atoms with Crippen LogP contribution < -0.4 is 0 Å². The molecule has 0 unspecified atom stereocenters. The van der Waals surface area contributed by atoms with E-state index in [1.165, 1.54) is 5.56 Å². The van der Waals surface area contributed by atoms with E-state index in [1.54, 1.807) is 6.20 Å². The van der Waals surface area contributed by atoms with E-state index in [0.717, 1.165) is 11.2 Å². The average molecular weight is 147 g/mol. The second-order valence-electron chi connectivity index (χ2n) is 2.67. The molecule has 0 aliphatic heterocycles. The summed E-state index contributed by atoms with van der Waals surface area (Å²) in [5, 5.41) is 4.19. The van der Waals surface area contributed by atoms with Crippen molar-refractivity contribution in [1.82, 2.24) is 14.6 Å². The summed E-state index contributed by atoms with van der Waals surface area (Å²) >= 11 is 0. The van der Waals surface area contributed by atoms with E-state index in [-0.39, 0.29) is 0 Å². The Morgan fingerprint density at radius 1 is 1.18 bits per heavy atom. The Balaban J connectivity index is 2.94. The molecule has 0 N–H and O–H groups in total. The molecule has 0 aliphatic rings. The maximum Gasteiger partial charge on any atom is 0.0877 e. The van der Waals surface area contributed by atoms with Crippen molar-refractivity contribution in [3.05, 3.63) is 29.8 Å². The molecule has 0 amide bonds. The van der Waals surface area contributed by atoms with Gasteiger partial charge >= 0.3 is 0 Å². The van der Waals surface area contributed by atoms with Crippen molar-refractivity contribution in [2.24, 2.45) is 0 Å². The van der Waals surface area contributed by atoms with Crippen LogP contribution in [0.25, 0.3) is 5.52 Å². The van der Waals surface area contributed by atoms with Crippen LogP contribution in [0.15, 0.2) is 18.6 Å². The number of hydrogen-bond donors (Lipinski definition) is 0. The smallest absolute Gasteiger partial charge is 0.0877 e. The van der Waals surface area contributed by atoms with E-state index in [2.05, 4.69) is 10.1 Å². The molecule has 3 nitrogen and oxygen atoms in total. The molecule has 0 spiro atoms. The first kappa shape index (κ1) is 6.34. The minimum absolute atomic E-state index is 1.07. The van der Waals surface area contributed by atoms with Gasteiger partial charge in [-0.25, -0.2) is 4.52 Å². The van der Waals surface area contributed by atoms with Crippen LogP contribution in [0.3, 0.4) is 0 Å². The van der Waals surface area contributed by atoms with Gasteiger partial charge in [-0.05, 0) is 19.4 Å². The maximum absolute atomic E-state index is 4.19. The van der Waals surface area contributed by atoms with E-state index in [1.807, 2.05) is 30.8 Å². The minimum atomic E-state index is 1.07. The number of hydrogen-bond acceptors (Lipinski definition) is 2. The van der Waals surface area contributed by atoms with Gasteiger partial charge in [0, 0.05) is 6.20 Å². The number of rotatable bonds is 0. The lowest BCUT2D eigenvalue weighted by Crippen LogP contribution is -1.93. The molecule has 11 heavy (non-hydrogen) atoms. The number of aromatic nitrogens is 3. The molecule has 56 valence electrons. The molecule has 3 heteroatoms. The van der Waals surface area contributed by atoms with Gasteiger partial charge in [0.15, 0.2) is 0 Å². The van der Waals surface area contributed by atoms with Crippen LogP contribution in [0.4, 0.5) is 0 Å². The van der Waals surface area contributed by atoms with Crippen molar-refractivity contribution in [2.75, 3.05) is 0 Å². The van der Waals surface area contributed by atoms with Gasteiger partial charge in [0.1, 0.15) is 0 Å². The molecule has 0 aromatic carbocycles. The molecule has 2 rings (SSSR count). The predicted octanol–water partition coefficient (Wildman–Crippen LogP) is 1.35. The van der Waals surface area contributed by atoms with Gasteiger partial charge in [0.2, 0.25) is 0 Å². The van der Waals surface area contributed by atoms with Crippen molar-refractivity contribution < 1.29 is 0 Å². The summed E-state index contributed by atoms with van der Waals surface area (Å²) in [6, 6.07) is 0. The molecule has 0 saturated carbocycles. The molecule has 2 aromatic rings. The van der Waals surface area contributed by atoms with Crippen molar-refractivity contribution >= 4 is 5.52 Å². The van der Waals surface area contributed by atoms with E-state index in [9.17, 15) is 0 Å². The van der Waals surface area contributed by atoms with E-state index >= 15 is 0 Å². The zero-order valence-corrected chi connectivity index (χ0v) is 6.57. The van der Waals surface area contributed by atoms with Crippen LogP contribution in [0.2, 0.25) is 0 Å². The largest absolute Gasteiger partial charge is 0.261 e. The first-order chi connectivity index (χ1) is 5.29. The summed E-state index contributed by atoms with van der Waals surface area (Å²) in [7, 11) is 0. The van der Waals surface area contributed by atoms with Gasteiger partial charge in [-0.1, -0.05) is 0 Å². The monoisotopic (exact) mass is 147 g/mol. The van der Waals surface area contributed by atoms with Crippen molar-refractivity contribution in [2.45, 2.75) is 13.8 Å². The number of aryl methyl sites for hydroxylation is 2. The van der Waals surface area contributed by atoms with Gasteiger partial charge in [0.05, 0.1) is 23.6 Å². The highest BCUT2D eigenvalue weighted by Crippen LogP contribution is 2.08. The third kappa shape index (κ3) is 0.808. The van der Waals surface area contributed by atoms with Crippen molar-refractivity contribution in [3.8, 4) is 0 Å². The third-order valence-corrected chi connectivity index (χ3v) is 1.79. The number of nitrogens with zero attached hydrogens (tertiary/aromatic N) is 3. The minimum Gasteiger partial charge on any atom is -0.261 e. The normalized spacial score (nSPS) is 10.7. The molecule has 0 fully saturated rings. The fourth-order valence-electron chi connectivity index (χ4n) is 1.15. The van der Waals surface area contributed by atoms with Crippen LogP contribution in [-0.4, -0.2) is 14.6 Å². The van der Waals surface area contributed by atoms with Crippen LogP contribution in [0, 0.1) is 13.8 Å². The lowest BCUT2D eigenvalue weighted by Gasteiger charge is -1.95. The molecule has 2 aromatic heterocycles. The van der Waals surface area contributed by atoms with Crippen LogP contribution >= 0.6 is 0 Å². The van der Waals surface area contributed by atoms with E-state index in [4.69, 9.17) is 0 Å².